The van der Waals surface area contributed by atoms with E-state index in [1.54, 1.807) is 11.9 Å². The first kappa shape index (κ1) is 14.8. The monoisotopic (exact) mass is 289 g/mol. The molecule has 20 heavy (non-hydrogen) atoms. The topological polar surface area (TPSA) is 40.5 Å². The van der Waals surface area contributed by atoms with Gasteiger partial charge in [0, 0.05) is 18.5 Å². The quantitative estimate of drug-likeness (QED) is 0.918. The molecule has 1 aromatic heterocycles. The Kier molecular flexibility index (Phi) is 4.93. The molecular formula is C16H19NO2S. The number of aliphatic hydroxyl groups excluding tert-OH is 1. The molecule has 0 bridgehead atoms. The van der Waals surface area contributed by atoms with Crippen LogP contribution in [-0.4, -0.2) is 29.6 Å². The van der Waals surface area contributed by atoms with E-state index in [0.717, 1.165) is 15.3 Å². The highest BCUT2D eigenvalue weighted by Crippen LogP contribution is 2.26. The third-order valence-electron chi connectivity index (χ3n) is 3.33. The van der Waals surface area contributed by atoms with Crippen LogP contribution in [-0.2, 0) is 0 Å². The minimum Gasteiger partial charge on any atom is -0.396 e. The summed E-state index contributed by atoms with van der Waals surface area (Å²) in [7, 11) is 1.80. The second-order valence-corrected chi connectivity index (χ2v) is 6.05. The van der Waals surface area contributed by atoms with Gasteiger partial charge in [-0.15, -0.1) is 11.3 Å². The molecule has 2 aromatic rings. The third-order valence-corrected chi connectivity index (χ3v) is 4.31. The number of hydrogen-bond donors (Lipinski definition) is 1. The van der Waals surface area contributed by atoms with Crippen molar-refractivity contribution in [3.63, 3.8) is 0 Å². The molecule has 1 unspecified atom stereocenters. The van der Waals surface area contributed by atoms with Crippen molar-refractivity contribution in [1.82, 2.24) is 4.90 Å². The van der Waals surface area contributed by atoms with Crippen LogP contribution in [0.2, 0.25) is 0 Å². The summed E-state index contributed by atoms with van der Waals surface area (Å²) in [5.74, 6) is 0.00500. The Morgan fingerprint density at radius 1 is 1.25 bits per heavy atom. The number of rotatable bonds is 5. The summed E-state index contributed by atoms with van der Waals surface area (Å²) in [6.07, 6.45) is 0.538. The molecule has 0 radical (unpaired) electrons. The average Bonchev–Trinajstić information content (AvgIpc) is 2.91. The van der Waals surface area contributed by atoms with Crippen LogP contribution in [0.3, 0.4) is 0 Å². The maximum absolute atomic E-state index is 12.5. The Balaban J connectivity index is 2.23. The number of aliphatic hydroxyl groups is 1. The Hall–Kier alpha value is -1.65. The fourth-order valence-electron chi connectivity index (χ4n) is 2.25. The van der Waals surface area contributed by atoms with Gasteiger partial charge in [-0.05, 0) is 31.0 Å². The molecule has 3 nitrogen and oxygen atoms in total. The van der Waals surface area contributed by atoms with Gasteiger partial charge in [0.25, 0.3) is 5.91 Å². The van der Waals surface area contributed by atoms with Crippen LogP contribution in [0.15, 0.2) is 42.5 Å². The van der Waals surface area contributed by atoms with Gasteiger partial charge in [-0.2, -0.15) is 0 Å². The molecule has 1 amide bonds. The van der Waals surface area contributed by atoms with Crippen molar-refractivity contribution in [2.45, 2.75) is 19.4 Å². The maximum atomic E-state index is 12.5. The zero-order chi connectivity index (χ0) is 14.5. The van der Waals surface area contributed by atoms with E-state index in [1.807, 2.05) is 49.4 Å². The van der Waals surface area contributed by atoms with E-state index in [-0.39, 0.29) is 18.6 Å². The van der Waals surface area contributed by atoms with Crippen LogP contribution in [0.1, 0.15) is 32.6 Å². The standard InChI is InChI=1S/C16H19NO2S/c1-12-8-9-15(20-12)16(19)17(2)14(10-11-18)13-6-4-3-5-7-13/h3-9,14,18H,10-11H2,1-2H3. The molecular weight excluding hydrogens is 270 g/mol. The molecule has 1 aromatic carbocycles. The number of carbonyl (C=O) groups is 1. The summed E-state index contributed by atoms with van der Waals surface area (Å²) in [4.78, 5) is 16.1. The molecule has 0 fully saturated rings. The lowest BCUT2D eigenvalue weighted by molar-refractivity contribution is 0.0710. The summed E-state index contributed by atoms with van der Waals surface area (Å²) in [5, 5.41) is 9.27. The lowest BCUT2D eigenvalue weighted by Gasteiger charge is -2.28. The molecule has 106 valence electrons. The molecule has 4 heteroatoms. The number of amides is 1. The van der Waals surface area contributed by atoms with Crippen molar-refractivity contribution >= 4 is 17.2 Å². The zero-order valence-electron chi connectivity index (χ0n) is 11.7. The van der Waals surface area contributed by atoms with Crippen molar-refractivity contribution < 1.29 is 9.90 Å². The van der Waals surface area contributed by atoms with Gasteiger partial charge in [-0.25, -0.2) is 0 Å². The second kappa shape index (κ2) is 6.68. The first-order valence-electron chi connectivity index (χ1n) is 6.63. The van der Waals surface area contributed by atoms with Gasteiger partial charge < -0.3 is 10.0 Å². The highest BCUT2D eigenvalue weighted by Gasteiger charge is 2.23. The Morgan fingerprint density at radius 3 is 2.50 bits per heavy atom. The van der Waals surface area contributed by atoms with Gasteiger partial charge in [-0.3, -0.25) is 4.79 Å². The number of benzene rings is 1. The van der Waals surface area contributed by atoms with E-state index in [4.69, 9.17) is 0 Å². The van der Waals surface area contributed by atoms with Crippen LogP contribution in [0.5, 0.6) is 0 Å². The van der Waals surface area contributed by atoms with Crippen molar-refractivity contribution in [3.05, 3.63) is 57.8 Å². The molecule has 0 spiro atoms. The van der Waals surface area contributed by atoms with Crippen molar-refractivity contribution in [2.24, 2.45) is 0 Å². The predicted molar refractivity (Wildman–Crippen MR) is 82.0 cm³/mol. The van der Waals surface area contributed by atoms with Crippen LogP contribution in [0.4, 0.5) is 0 Å². The summed E-state index contributed by atoms with van der Waals surface area (Å²) in [6.45, 7) is 2.05. The molecule has 1 atom stereocenters. The lowest BCUT2D eigenvalue weighted by Crippen LogP contribution is -2.31. The average molecular weight is 289 g/mol. The SMILES string of the molecule is Cc1ccc(C(=O)N(C)C(CCO)c2ccccc2)s1. The molecule has 1 heterocycles. The van der Waals surface area contributed by atoms with Crippen LogP contribution in [0, 0.1) is 6.92 Å². The third kappa shape index (κ3) is 3.26. The van der Waals surface area contributed by atoms with Gasteiger partial charge in [0.2, 0.25) is 0 Å². The summed E-state index contributed by atoms with van der Waals surface area (Å²) < 4.78 is 0. The normalized spacial score (nSPS) is 12.2. The molecule has 2 rings (SSSR count). The number of carbonyl (C=O) groups excluding carboxylic acids is 1. The molecule has 0 aliphatic heterocycles. The molecule has 0 aliphatic rings. The van der Waals surface area contributed by atoms with Gasteiger partial charge in [0.15, 0.2) is 0 Å². The second-order valence-electron chi connectivity index (χ2n) is 4.77. The number of nitrogens with zero attached hydrogens (tertiary/aromatic N) is 1. The van der Waals surface area contributed by atoms with Crippen molar-refractivity contribution in [3.8, 4) is 0 Å². The minimum absolute atomic E-state index is 0.00500. The fourth-order valence-corrected chi connectivity index (χ4v) is 3.10. The summed E-state index contributed by atoms with van der Waals surface area (Å²) >= 11 is 1.50. The van der Waals surface area contributed by atoms with Gasteiger partial charge in [0.05, 0.1) is 10.9 Å². The Morgan fingerprint density at radius 2 is 1.95 bits per heavy atom. The lowest BCUT2D eigenvalue weighted by atomic mass is 10.0. The summed E-state index contributed by atoms with van der Waals surface area (Å²) in [6, 6.07) is 13.5. The van der Waals surface area contributed by atoms with Gasteiger partial charge in [0.1, 0.15) is 0 Å². The largest absolute Gasteiger partial charge is 0.396 e. The molecule has 0 saturated carbocycles. The molecule has 0 saturated heterocycles. The van der Waals surface area contributed by atoms with E-state index in [2.05, 4.69) is 0 Å². The van der Waals surface area contributed by atoms with Crippen LogP contribution < -0.4 is 0 Å². The first-order valence-corrected chi connectivity index (χ1v) is 7.44. The number of hydrogen-bond acceptors (Lipinski definition) is 3. The predicted octanol–water partition coefficient (Wildman–Crippen LogP) is 3.25. The van der Waals surface area contributed by atoms with E-state index in [9.17, 15) is 9.90 Å². The first-order chi connectivity index (χ1) is 9.63. The molecule has 0 aliphatic carbocycles. The smallest absolute Gasteiger partial charge is 0.264 e. The number of thiophene rings is 1. The minimum atomic E-state index is -0.101. The summed E-state index contributed by atoms with van der Waals surface area (Å²) in [5.41, 5.74) is 1.05. The Bertz CT molecular complexity index is 565. The van der Waals surface area contributed by atoms with E-state index >= 15 is 0 Å². The van der Waals surface area contributed by atoms with E-state index in [1.165, 1.54) is 11.3 Å². The van der Waals surface area contributed by atoms with Crippen LogP contribution in [0.25, 0.3) is 0 Å². The number of aryl methyl sites for hydroxylation is 1. The van der Waals surface area contributed by atoms with Gasteiger partial charge in [-0.1, -0.05) is 30.3 Å². The van der Waals surface area contributed by atoms with Gasteiger partial charge >= 0.3 is 0 Å². The fraction of sp³-hybridized carbons (Fsp3) is 0.312. The van der Waals surface area contributed by atoms with Crippen molar-refractivity contribution in [1.29, 1.82) is 0 Å². The highest BCUT2D eigenvalue weighted by molar-refractivity contribution is 7.13. The maximum Gasteiger partial charge on any atom is 0.264 e. The van der Waals surface area contributed by atoms with Crippen LogP contribution >= 0.6 is 11.3 Å². The van der Waals surface area contributed by atoms with E-state index < -0.39 is 0 Å². The highest BCUT2D eigenvalue weighted by atomic mass is 32.1. The Labute approximate surface area is 123 Å². The molecule has 1 N–H and O–H groups in total. The van der Waals surface area contributed by atoms with E-state index in [0.29, 0.717) is 6.42 Å². The zero-order valence-corrected chi connectivity index (χ0v) is 12.6. The van der Waals surface area contributed by atoms with Crippen molar-refractivity contribution in [2.75, 3.05) is 13.7 Å².